The minimum Gasteiger partial charge on any atom is -0.292 e. The Morgan fingerprint density at radius 1 is 0.545 bits per heavy atom. The van der Waals surface area contributed by atoms with Crippen LogP contribution in [0.3, 0.4) is 0 Å². The van der Waals surface area contributed by atoms with Gasteiger partial charge in [-0.1, -0.05) is 164 Å². The van der Waals surface area contributed by atoms with Crippen LogP contribution in [-0.2, 0) is 0 Å². The lowest BCUT2D eigenvalue weighted by atomic mass is 9.67. The predicted octanol–water partition coefficient (Wildman–Crippen LogP) is 10.3. The summed E-state index contributed by atoms with van der Waals surface area (Å²) >= 11 is 0. The number of para-hydroxylation sites is 3. The van der Waals surface area contributed by atoms with Crippen LogP contribution < -0.4 is 20.9 Å². The average Bonchev–Trinajstić information content (AvgIpc) is 3.63. The summed E-state index contributed by atoms with van der Waals surface area (Å²) in [5.74, 6) is 0.939. The van der Waals surface area contributed by atoms with E-state index in [-0.39, 0.29) is 5.41 Å². The van der Waals surface area contributed by atoms with Crippen molar-refractivity contribution in [1.29, 1.82) is 0 Å². The van der Waals surface area contributed by atoms with Crippen LogP contribution in [0.5, 0.6) is 0 Å². The van der Waals surface area contributed by atoms with Crippen LogP contribution in [0.4, 0.5) is 0 Å². The number of aromatic nitrogens is 2. The van der Waals surface area contributed by atoms with Crippen LogP contribution in [0.15, 0.2) is 170 Å². The van der Waals surface area contributed by atoms with E-state index in [1.807, 2.05) is 0 Å². The maximum atomic E-state index is 5.14. The van der Waals surface area contributed by atoms with E-state index in [1.54, 1.807) is 0 Å². The minimum absolute atomic E-state index is 0.0366. The summed E-state index contributed by atoms with van der Waals surface area (Å²) in [6.07, 6.45) is 5.94. The first-order valence-corrected chi connectivity index (χ1v) is 19.3. The van der Waals surface area contributed by atoms with Crippen molar-refractivity contribution < 1.29 is 0 Å². The first kappa shape index (κ1) is 31.7. The van der Waals surface area contributed by atoms with Gasteiger partial charge in [-0.25, -0.2) is 4.98 Å². The van der Waals surface area contributed by atoms with Crippen LogP contribution in [0.2, 0.25) is 0 Å². The van der Waals surface area contributed by atoms with E-state index in [0.717, 1.165) is 34.5 Å². The molecule has 0 N–H and O–H groups in total. The zero-order valence-corrected chi connectivity index (χ0v) is 30.9. The van der Waals surface area contributed by atoms with Gasteiger partial charge in [0.25, 0.3) is 0 Å². The highest BCUT2D eigenvalue weighted by molar-refractivity contribution is 6.21. The van der Waals surface area contributed by atoms with Gasteiger partial charge in [-0.2, -0.15) is 0 Å². The molecule has 0 spiro atoms. The molecule has 2 nitrogen and oxygen atoms in total. The monoisotopic (exact) mass is 702 g/mol. The first-order chi connectivity index (χ1) is 27.1. The zero-order valence-electron chi connectivity index (χ0n) is 30.9. The summed E-state index contributed by atoms with van der Waals surface area (Å²) in [6.45, 7) is 4.76. The second-order valence-electron chi connectivity index (χ2n) is 15.3. The summed E-state index contributed by atoms with van der Waals surface area (Å²) in [5.41, 5.74) is 12.2. The number of rotatable bonds is 4. The highest BCUT2D eigenvalue weighted by Crippen LogP contribution is 2.45. The predicted molar refractivity (Wildman–Crippen MR) is 231 cm³/mol. The van der Waals surface area contributed by atoms with Crippen LogP contribution >= 0.6 is 0 Å². The quantitative estimate of drug-likeness (QED) is 0.167. The summed E-state index contributed by atoms with van der Waals surface area (Å²) in [6, 6.07) is 61.8. The molecule has 9 aromatic rings. The average molecular weight is 703 g/mol. The molecule has 0 amide bonds. The third kappa shape index (κ3) is 4.71. The number of fused-ring (bicyclic) bond motifs is 6. The van der Waals surface area contributed by atoms with Crippen molar-refractivity contribution in [3.05, 3.63) is 191 Å². The van der Waals surface area contributed by atoms with Gasteiger partial charge in [-0.3, -0.25) is 4.57 Å². The minimum atomic E-state index is -0.0366. The van der Waals surface area contributed by atoms with Crippen LogP contribution in [0, 0.1) is 5.41 Å². The second-order valence-corrected chi connectivity index (χ2v) is 15.3. The molecule has 1 unspecified atom stereocenters. The third-order valence-corrected chi connectivity index (χ3v) is 12.4. The van der Waals surface area contributed by atoms with Crippen molar-refractivity contribution in [2.24, 2.45) is 5.41 Å². The molecule has 1 aromatic heterocycles. The molecule has 0 aliphatic heterocycles. The van der Waals surface area contributed by atoms with Crippen LogP contribution in [0.1, 0.15) is 20.3 Å². The summed E-state index contributed by atoms with van der Waals surface area (Å²) in [4.78, 5) is 5.14. The molecule has 2 aliphatic rings. The third-order valence-electron chi connectivity index (χ3n) is 12.4. The molecule has 0 saturated carbocycles. The van der Waals surface area contributed by atoms with Gasteiger partial charge in [0.2, 0.25) is 0 Å². The topological polar surface area (TPSA) is 17.8 Å². The SMILES string of the molecule is CC1=c2ccccc2=CC2=c3cccc(-c4c5ccccc5c(-c5ccc(-c6nc7ccccc7n6-c6ccccc6)cc5)c5ccccc45)c3=CCC12C. The molecule has 2 aliphatic carbocycles. The highest BCUT2D eigenvalue weighted by atomic mass is 15.1. The fourth-order valence-electron chi connectivity index (χ4n) is 9.53. The van der Waals surface area contributed by atoms with E-state index < -0.39 is 0 Å². The Bertz CT molecular complexity index is 3240. The Labute approximate surface area is 320 Å². The fraction of sp³-hybridized carbons (Fsp3) is 0.0755. The van der Waals surface area contributed by atoms with Gasteiger partial charge in [0.05, 0.1) is 11.0 Å². The lowest BCUT2D eigenvalue weighted by Crippen LogP contribution is -2.44. The number of hydrogen-bond donors (Lipinski definition) is 0. The Morgan fingerprint density at radius 2 is 1.15 bits per heavy atom. The molecular weight excluding hydrogens is 665 g/mol. The van der Waals surface area contributed by atoms with Gasteiger partial charge in [0.1, 0.15) is 5.82 Å². The molecule has 55 heavy (non-hydrogen) atoms. The molecule has 0 radical (unpaired) electrons. The van der Waals surface area contributed by atoms with Gasteiger partial charge in [0, 0.05) is 16.7 Å². The molecule has 1 heterocycles. The van der Waals surface area contributed by atoms with E-state index in [0.29, 0.717) is 0 Å². The van der Waals surface area contributed by atoms with E-state index in [1.165, 1.54) is 75.8 Å². The molecule has 11 rings (SSSR count). The molecule has 0 bridgehead atoms. The summed E-state index contributed by atoms with van der Waals surface area (Å²) in [7, 11) is 0. The molecule has 2 heteroatoms. The maximum absolute atomic E-state index is 5.14. The van der Waals surface area contributed by atoms with E-state index in [2.05, 4.69) is 200 Å². The molecule has 0 saturated heterocycles. The number of benzene rings is 8. The smallest absolute Gasteiger partial charge is 0.145 e. The van der Waals surface area contributed by atoms with E-state index >= 15 is 0 Å². The zero-order chi connectivity index (χ0) is 36.7. The number of hydrogen-bond acceptors (Lipinski definition) is 1. The van der Waals surface area contributed by atoms with Crippen LogP contribution in [0.25, 0.3) is 95.2 Å². The van der Waals surface area contributed by atoms with Crippen LogP contribution in [-0.4, -0.2) is 9.55 Å². The van der Waals surface area contributed by atoms with Gasteiger partial charge in [-0.05, 0) is 114 Å². The molecule has 1 atom stereocenters. The number of nitrogens with zero attached hydrogens (tertiary/aromatic N) is 2. The van der Waals surface area contributed by atoms with Gasteiger partial charge in [-0.15, -0.1) is 0 Å². The van der Waals surface area contributed by atoms with Crippen molar-refractivity contribution in [2.45, 2.75) is 20.3 Å². The summed E-state index contributed by atoms with van der Waals surface area (Å²) < 4.78 is 2.27. The fourth-order valence-corrected chi connectivity index (χ4v) is 9.53. The van der Waals surface area contributed by atoms with E-state index in [4.69, 9.17) is 4.98 Å². The Balaban J connectivity index is 1.12. The normalized spacial score (nSPS) is 16.0. The largest absolute Gasteiger partial charge is 0.292 e. The van der Waals surface area contributed by atoms with Crippen molar-refractivity contribution in [3.8, 4) is 39.3 Å². The second kappa shape index (κ2) is 12.1. The highest BCUT2D eigenvalue weighted by Gasteiger charge is 2.34. The Morgan fingerprint density at radius 3 is 1.89 bits per heavy atom. The molecular formula is C53H38N2. The van der Waals surface area contributed by atoms with Crippen molar-refractivity contribution in [3.63, 3.8) is 0 Å². The van der Waals surface area contributed by atoms with Crippen molar-refractivity contribution >= 4 is 55.9 Å². The lowest BCUT2D eigenvalue weighted by molar-refractivity contribution is 0.607. The van der Waals surface area contributed by atoms with Gasteiger partial charge >= 0.3 is 0 Å². The van der Waals surface area contributed by atoms with E-state index in [9.17, 15) is 0 Å². The molecule has 0 fully saturated rings. The van der Waals surface area contributed by atoms with Gasteiger partial charge in [0.15, 0.2) is 0 Å². The maximum Gasteiger partial charge on any atom is 0.145 e. The lowest BCUT2D eigenvalue weighted by Gasteiger charge is -2.36. The first-order valence-electron chi connectivity index (χ1n) is 19.3. The number of imidazole rings is 1. The summed E-state index contributed by atoms with van der Waals surface area (Å²) in [5, 5.41) is 10.4. The van der Waals surface area contributed by atoms with Crippen molar-refractivity contribution in [1.82, 2.24) is 9.55 Å². The van der Waals surface area contributed by atoms with Gasteiger partial charge < -0.3 is 0 Å². The van der Waals surface area contributed by atoms with Crippen molar-refractivity contribution in [2.75, 3.05) is 0 Å². The molecule has 8 aromatic carbocycles. The standard InChI is InChI=1S/C53H38N2/c1-34-39-18-7-6-15-37(39)33-47-41-23-14-24-42(40(41)31-32-53(34,47)2)51-45-21-10-8-19-43(45)50(44-20-9-11-22-46(44)51)35-27-29-36(30-28-35)52-54-48-25-12-13-26-49(48)55(52)38-16-4-3-5-17-38/h3-31,33H,32H2,1-2H3. The Kier molecular flexibility index (Phi) is 7.00. The Hall–Kier alpha value is -6.77. The molecule has 260 valence electrons.